The van der Waals surface area contributed by atoms with Gasteiger partial charge in [0.05, 0.1) is 6.10 Å². The Morgan fingerprint density at radius 1 is 1.33 bits per heavy atom. The summed E-state index contributed by atoms with van der Waals surface area (Å²) >= 11 is 0. The molecular formula is C10H19NO. The molecule has 1 heterocycles. The second-order valence-electron chi connectivity index (χ2n) is 4.70. The summed E-state index contributed by atoms with van der Waals surface area (Å²) in [4.78, 5) is 0. The molecule has 70 valence electrons. The number of nitrogens with one attached hydrogen (secondary N) is 1. The number of piperidine rings is 1. The molecule has 1 saturated heterocycles. The smallest absolute Gasteiger partial charge is 0.0718 e. The van der Waals surface area contributed by atoms with Crippen molar-refractivity contribution in [2.45, 2.75) is 51.3 Å². The Labute approximate surface area is 74.4 Å². The molecular weight excluding hydrogens is 150 g/mol. The predicted octanol–water partition coefficient (Wildman–Crippen LogP) is 1.14. The number of aliphatic hydroxyl groups excluding tert-OH is 1. The largest absolute Gasteiger partial charge is 0.391 e. The van der Waals surface area contributed by atoms with Gasteiger partial charge in [0.2, 0.25) is 0 Å². The fraction of sp³-hybridized carbons (Fsp3) is 1.00. The lowest BCUT2D eigenvalue weighted by Crippen LogP contribution is -2.46. The third kappa shape index (κ3) is 1.27. The molecule has 2 rings (SSSR count). The summed E-state index contributed by atoms with van der Waals surface area (Å²) in [5.74, 6) is 1.15. The van der Waals surface area contributed by atoms with Crippen molar-refractivity contribution in [1.29, 1.82) is 0 Å². The van der Waals surface area contributed by atoms with Crippen LogP contribution in [0.25, 0.3) is 0 Å². The van der Waals surface area contributed by atoms with Crippen molar-refractivity contribution in [3.63, 3.8) is 0 Å². The molecule has 2 bridgehead atoms. The van der Waals surface area contributed by atoms with E-state index in [4.69, 9.17) is 0 Å². The lowest BCUT2D eigenvalue weighted by molar-refractivity contribution is 0.0655. The number of aliphatic hydroxyl groups is 1. The van der Waals surface area contributed by atoms with Crippen LogP contribution in [-0.2, 0) is 0 Å². The van der Waals surface area contributed by atoms with Crippen molar-refractivity contribution in [3.05, 3.63) is 0 Å². The van der Waals surface area contributed by atoms with Crippen LogP contribution in [0.4, 0.5) is 0 Å². The normalized spacial score (nSPS) is 42.5. The molecule has 2 nitrogen and oxygen atoms in total. The summed E-state index contributed by atoms with van der Waals surface area (Å²) in [6, 6.07) is 1.11. The molecule has 1 aliphatic heterocycles. The van der Waals surface area contributed by atoms with E-state index in [0.717, 1.165) is 5.92 Å². The van der Waals surface area contributed by atoms with Gasteiger partial charge in [-0.3, -0.25) is 0 Å². The van der Waals surface area contributed by atoms with Gasteiger partial charge in [-0.15, -0.1) is 0 Å². The molecule has 12 heavy (non-hydrogen) atoms. The second kappa shape index (κ2) is 3.00. The van der Waals surface area contributed by atoms with Crippen molar-refractivity contribution in [2.24, 2.45) is 11.8 Å². The van der Waals surface area contributed by atoms with Gasteiger partial charge in [0.25, 0.3) is 0 Å². The molecule has 2 fully saturated rings. The van der Waals surface area contributed by atoms with Crippen LogP contribution in [0.1, 0.15) is 33.1 Å². The second-order valence-corrected chi connectivity index (χ2v) is 4.70. The number of hydrogen-bond acceptors (Lipinski definition) is 2. The molecule has 0 unspecified atom stereocenters. The molecule has 0 radical (unpaired) electrons. The van der Waals surface area contributed by atoms with E-state index in [1.807, 2.05) is 0 Å². The third-order valence-electron chi connectivity index (χ3n) is 3.46. The fourth-order valence-corrected chi connectivity index (χ4v) is 2.69. The highest BCUT2D eigenvalue weighted by atomic mass is 16.3. The SMILES string of the molecule is CC(C)[C@H](O)[C@H]1N[C@H]2CC[C@@H]1C2. The minimum Gasteiger partial charge on any atom is -0.391 e. The molecule has 1 saturated carbocycles. The van der Waals surface area contributed by atoms with Crippen LogP contribution in [0.2, 0.25) is 0 Å². The van der Waals surface area contributed by atoms with Crippen molar-refractivity contribution >= 4 is 0 Å². The zero-order valence-corrected chi connectivity index (χ0v) is 7.96. The minimum atomic E-state index is -0.139. The highest BCUT2D eigenvalue weighted by Crippen LogP contribution is 2.37. The predicted molar refractivity (Wildman–Crippen MR) is 48.9 cm³/mol. The van der Waals surface area contributed by atoms with Crippen LogP contribution in [0.15, 0.2) is 0 Å². The molecule has 4 atom stereocenters. The van der Waals surface area contributed by atoms with Crippen LogP contribution in [0.5, 0.6) is 0 Å². The van der Waals surface area contributed by atoms with Crippen LogP contribution in [0, 0.1) is 11.8 Å². The van der Waals surface area contributed by atoms with Crippen molar-refractivity contribution in [3.8, 4) is 0 Å². The van der Waals surface area contributed by atoms with E-state index in [-0.39, 0.29) is 6.10 Å². The van der Waals surface area contributed by atoms with Gasteiger partial charge in [-0.25, -0.2) is 0 Å². The van der Waals surface area contributed by atoms with Gasteiger partial charge in [-0.2, -0.15) is 0 Å². The first-order valence-corrected chi connectivity index (χ1v) is 5.12. The molecule has 2 aliphatic rings. The first kappa shape index (κ1) is 8.52. The molecule has 0 aromatic heterocycles. The Morgan fingerprint density at radius 2 is 2.08 bits per heavy atom. The zero-order chi connectivity index (χ0) is 8.72. The molecule has 0 aromatic carbocycles. The first-order chi connectivity index (χ1) is 5.68. The van der Waals surface area contributed by atoms with Gasteiger partial charge in [0, 0.05) is 12.1 Å². The fourth-order valence-electron chi connectivity index (χ4n) is 2.69. The van der Waals surface area contributed by atoms with Crippen LogP contribution >= 0.6 is 0 Å². The van der Waals surface area contributed by atoms with Gasteiger partial charge < -0.3 is 10.4 Å². The topological polar surface area (TPSA) is 32.3 Å². The van der Waals surface area contributed by atoms with E-state index < -0.39 is 0 Å². The summed E-state index contributed by atoms with van der Waals surface area (Å²) in [6.07, 6.45) is 3.81. The molecule has 2 heteroatoms. The van der Waals surface area contributed by atoms with Crippen LogP contribution in [-0.4, -0.2) is 23.3 Å². The Bertz CT molecular complexity index is 169. The van der Waals surface area contributed by atoms with Gasteiger partial charge in [-0.05, 0) is 31.1 Å². The Balaban J connectivity index is 1.97. The van der Waals surface area contributed by atoms with Crippen molar-refractivity contribution in [2.75, 3.05) is 0 Å². The minimum absolute atomic E-state index is 0.139. The van der Waals surface area contributed by atoms with E-state index in [0.29, 0.717) is 18.0 Å². The summed E-state index contributed by atoms with van der Waals surface area (Å²) < 4.78 is 0. The van der Waals surface area contributed by atoms with Gasteiger partial charge >= 0.3 is 0 Å². The summed E-state index contributed by atoms with van der Waals surface area (Å²) in [7, 11) is 0. The Morgan fingerprint density at radius 3 is 2.50 bits per heavy atom. The molecule has 1 aliphatic carbocycles. The highest BCUT2D eigenvalue weighted by Gasteiger charge is 2.42. The van der Waals surface area contributed by atoms with Gasteiger partial charge in [0.1, 0.15) is 0 Å². The molecule has 0 spiro atoms. The monoisotopic (exact) mass is 169 g/mol. The molecule has 0 aromatic rings. The summed E-state index contributed by atoms with van der Waals surface area (Å²) in [5, 5.41) is 13.4. The summed E-state index contributed by atoms with van der Waals surface area (Å²) in [6.45, 7) is 4.19. The Hall–Kier alpha value is -0.0800. The lowest BCUT2D eigenvalue weighted by Gasteiger charge is -2.30. The standard InChI is InChI=1S/C10H19NO/c1-6(2)10(12)9-7-3-4-8(5-7)11-9/h6-12H,3-5H2,1-2H3/t7-,8+,9+,10+/m1/s1. The number of fused-ring (bicyclic) bond motifs is 2. The lowest BCUT2D eigenvalue weighted by atomic mass is 9.89. The van der Waals surface area contributed by atoms with E-state index in [1.165, 1.54) is 19.3 Å². The van der Waals surface area contributed by atoms with Crippen LogP contribution in [0.3, 0.4) is 0 Å². The maximum atomic E-state index is 9.89. The van der Waals surface area contributed by atoms with E-state index in [9.17, 15) is 5.11 Å². The van der Waals surface area contributed by atoms with Gasteiger partial charge in [0.15, 0.2) is 0 Å². The quantitative estimate of drug-likeness (QED) is 0.650. The van der Waals surface area contributed by atoms with Gasteiger partial charge in [-0.1, -0.05) is 13.8 Å². The van der Waals surface area contributed by atoms with Crippen molar-refractivity contribution < 1.29 is 5.11 Å². The molecule has 0 amide bonds. The first-order valence-electron chi connectivity index (χ1n) is 5.12. The molecule has 2 N–H and O–H groups in total. The average molecular weight is 169 g/mol. The maximum absolute atomic E-state index is 9.89. The van der Waals surface area contributed by atoms with Crippen molar-refractivity contribution in [1.82, 2.24) is 5.32 Å². The van der Waals surface area contributed by atoms with Crippen LogP contribution < -0.4 is 5.32 Å². The van der Waals surface area contributed by atoms with E-state index >= 15 is 0 Å². The maximum Gasteiger partial charge on any atom is 0.0718 e. The highest BCUT2D eigenvalue weighted by molar-refractivity contribution is 5.00. The average Bonchev–Trinajstić information content (AvgIpc) is 2.62. The number of rotatable bonds is 2. The Kier molecular flexibility index (Phi) is 2.13. The number of hydrogen-bond donors (Lipinski definition) is 2. The summed E-state index contributed by atoms with van der Waals surface area (Å²) in [5.41, 5.74) is 0. The third-order valence-corrected chi connectivity index (χ3v) is 3.46. The zero-order valence-electron chi connectivity index (χ0n) is 7.96. The van der Waals surface area contributed by atoms with E-state index in [2.05, 4.69) is 19.2 Å². The van der Waals surface area contributed by atoms with E-state index in [1.54, 1.807) is 0 Å².